The van der Waals surface area contributed by atoms with Crippen LogP contribution >= 0.6 is 0 Å². The first-order valence-corrected chi connectivity index (χ1v) is 8.28. The fourth-order valence-electron chi connectivity index (χ4n) is 3.46. The highest BCUT2D eigenvalue weighted by molar-refractivity contribution is 5.92. The van der Waals surface area contributed by atoms with Gasteiger partial charge in [0.05, 0.1) is 17.8 Å². The predicted molar refractivity (Wildman–Crippen MR) is 91.1 cm³/mol. The average molecular weight is 315 g/mol. The van der Waals surface area contributed by atoms with Gasteiger partial charge in [-0.25, -0.2) is 4.68 Å². The molecule has 0 bridgehead atoms. The standard InChI is InChI=1S/C18H25N3O2/c1-12-16-11-19-21(13(2)22)17(16)9-10-18(12)23-15-7-5-14(6-8-15)20(3)4/h9-11,14-15H,5-8H2,1-4H3/t14-,15-. The molecule has 1 aliphatic carbocycles. The average Bonchev–Trinajstić information content (AvgIpc) is 2.95. The first kappa shape index (κ1) is 16.0. The molecular weight excluding hydrogens is 290 g/mol. The molecule has 1 aromatic heterocycles. The number of aromatic nitrogens is 2. The topological polar surface area (TPSA) is 47.4 Å². The Bertz CT molecular complexity index is 712. The van der Waals surface area contributed by atoms with Crippen LogP contribution in [0.1, 0.15) is 43.0 Å². The zero-order valence-corrected chi connectivity index (χ0v) is 14.4. The minimum Gasteiger partial charge on any atom is -0.490 e. The third-order valence-electron chi connectivity index (χ3n) is 4.94. The van der Waals surface area contributed by atoms with Crippen LogP contribution in [0.25, 0.3) is 10.9 Å². The second kappa shape index (κ2) is 6.32. The molecule has 0 radical (unpaired) electrons. The van der Waals surface area contributed by atoms with Crippen molar-refractivity contribution < 1.29 is 9.53 Å². The van der Waals surface area contributed by atoms with E-state index >= 15 is 0 Å². The van der Waals surface area contributed by atoms with Gasteiger partial charge in [-0.05, 0) is 58.8 Å². The quantitative estimate of drug-likeness (QED) is 0.872. The highest BCUT2D eigenvalue weighted by Gasteiger charge is 2.24. The highest BCUT2D eigenvalue weighted by atomic mass is 16.5. The van der Waals surface area contributed by atoms with Crippen molar-refractivity contribution >= 4 is 16.8 Å². The van der Waals surface area contributed by atoms with Crippen LogP contribution in [0.2, 0.25) is 0 Å². The molecule has 0 amide bonds. The number of hydrogen-bond donors (Lipinski definition) is 0. The van der Waals surface area contributed by atoms with Gasteiger partial charge in [0.15, 0.2) is 0 Å². The number of carbonyl (C=O) groups is 1. The lowest BCUT2D eigenvalue weighted by Crippen LogP contribution is -2.35. The maximum Gasteiger partial charge on any atom is 0.244 e. The summed E-state index contributed by atoms with van der Waals surface area (Å²) >= 11 is 0. The molecule has 5 nitrogen and oxygen atoms in total. The number of ether oxygens (including phenoxy) is 1. The lowest BCUT2D eigenvalue weighted by atomic mass is 9.92. The monoisotopic (exact) mass is 315 g/mol. The van der Waals surface area contributed by atoms with E-state index in [9.17, 15) is 4.79 Å². The van der Waals surface area contributed by atoms with Crippen LogP contribution in [0, 0.1) is 6.92 Å². The number of fused-ring (bicyclic) bond motifs is 1. The lowest BCUT2D eigenvalue weighted by molar-refractivity contribution is 0.0926. The molecule has 1 heterocycles. The van der Waals surface area contributed by atoms with E-state index in [0.717, 1.165) is 35.1 Å². The second-order valence-electron chi connectivity index (χ2n) is 6.71. The zero-order chi connectivity index (χ0) is 16.6. The molecule has 0 spiro atoms. The van der Waals surface area contributed by atoms with Gasteiger partial charge in [0, 0.05) is 23.9 Å². The molecule has 124 valence electrons. The SMILES string of the molecule is CC(=O)n1ncc2c(C)c(O[C@H]3CC[C@H](N(C)C)CC3)ccc21. The summed E-state index contributed by atoms with van der Waals surface area (Å²) < 4.78 is 7.69. The Labute approximate surface area is 137 Å². The molecule has 3 rings (SSSR count). The van der Waals surface area contributed by atoms with Crippen LogP contribution in [0.5, 0.6) is 5.75 Å². The van der Waals surface area contributed by atoms with Crippen molar-refractivity contribution in [2.24, 2.45) is 0 Å². The van der Waals surface area contributed by atoms with Crippen molar-refractivity contribution in [2.45, 2.75) is 51.7 Å². The number of carbonyl (C=O) groups excluding carboxylic acids is 1. The molecule has 0 unspecified atom stereocenters. The number of nitrogens with zero attached hydrogens (tertiary/aromatic N) is 3. The molecule has 1 saturated carbocycles. The maximum absolute atomic E-state index is 11.6. The smallest absolute Gasteiger partial charge is 0.244 e. The Balaban J connectivity index is 1.77. The Morgan fingerprint density at radius 2 is 1.96 bits per heavy atom. The van der Waals surface area contributed by atoms with Crippen LogP contribution < -0.4 is 4.74 Å². The van der Waals surface area contributed by atoms with Crippen LogP contribution in [0.15, 0.2) is 18.3 Å². The molecule has 0 N–H and O–H groups in total. The van der Waals surface area contributed by atoms with E-state index in [-0.39, 0.29) is 12.0 Å². The molecule has 1 aliphatic rings. The third kappa shape index (κ3) is 3.11. The van der Waals surface area contributed by atoms with E-state index in [1.54, 1.807) is 6.20 Å². The van der Waals surface area contributed by atoms with Crippen molar-refractivity contribution in [1.29, 1.82) is 0 Å². The van der Waals surface area contributed by atoms with Crippen molar-refractivity contribution in [1.82, 2.24) is 14.7 Å². The van der Waals surface area contributed by atoms with Crippen molar-refractivity contribution in [2.75, 3.05) is 14.1 Å². The third-order valence-corrected chi connectivity index (χ3v) is 4.94. The second-order valence-corrected chi connectivity index (χ2v) is 6.71. The van der Waals surface area contributed by atoms with Gasteiger partial charge in [0.2, 0.25) is 5.91 Å². The number of aryl methyl sites for hydroxylation is 1. The normalized spacial score (nSPS) is 21.8. The van der Waals surface area contributed by atoms with Gasteiger partial charge in [-0.1, -0.05) is 0 Å². The summed E-state index contributed by atoms with van der Waals surface area (Å²) in [5, 5.41) is 5.16. The molecular formula is C18H25N3O2. The van der Waals surface area contributed by atoms with Gasteiger partial charge in [-0.15, -0.1) is 0 Å². The lowest BCUT2D eigenvalue weighted by Gasteiger charge is -2.33. The Morgan fingerprint density at radius 1 is 1.26 bits per heavy atom. The number of rotatable bonds is 3. The number of benzene rings is 1. The maximum atomic E-state index is 11.6. The minimum atomic E-state index is -0.0740. The van der Waals surface area contributed by atoms with Crippen molar-refractivity contribution in [3.05, 3.63) is 23.9 Å². The molecule has 2 aromatic rings. The predicted octanol–water partition coefficient (Wildman–Crippen LogP) is 3.26. The van der Waals surface area contributed by atoms with Crippen LogP contribution in [-0.2, 0) is 0 Å². The molecule has 0 aliphatic heterocycles. The van der Waals surface area contributed by atoms with Gasteiger partial charge in [0.25, 0.3) is 0 Å². The fourth-order valence-corrected chi connectivity index (χ4v) is 3.46. The molecule has 5 heteroatoms. The van der Waals surface area contributed by atoms with Crippen molar-refractivity contribution in [3.63, 3.8) is 0 Å². The van der Waals surface area contributed by atoms with Crippen LogP contribution in [0.3, 0.4) is 0 Å². The van der Waals surface area contributed by atoms with Crippen LogP contribution in [0.4, 0.5) is 0 Å². The van der Waals surface area contributed by atoms with Gasteiger partial charge in [-0.2, -0.15) is 5.10 Å². The van der Waals surface area contributed by atoms with Gasteiger partial charge >= 0.3 is 0 Å². The summed E-state index contributed by atoms with van der Waals surface area (Å²) in [6, 6.07) is 4.57. The fraction of sp³-hybridized carbons (Fsp3) is 0.556. The van der Waals surface area contributed by atoms with E-state index in [1.165, 1.54) is 24.4 Å². The van der Waals surface area contributed by atoms with Crippen molar-refractivity contribution in [3.8, 4) is 5.75 Å². The first-order valence-electron chi connectivity index (χ1n) is 8.28. The van der Waals surface area contributed by atoms with Gasteiger partial charge in [-0.3, -0.25) is 4.79 Å². The van der Waals surface area contributed by atoms with E-state index in [1.807, 2.05) is 19.1 Å². The summed E-state index contributed by atoms with van der Waals surface area (Å²) in [6.45, 7) is 3.56. The molecule has 1 fully saturated rings. The van der Waals surface area contributed by atoms with Crippen LogP contribution in [-0.4, -0.2) is 46.8 Å². The highest BCUT2D eigenvalue weighted by Crippen LogP contribution is 2.31. The zero-order valence-electron chi connectivity index (χ0n) is 14.4. The molecule has 1 aromatic carbocycles. The number of hydrogen-bond acceptors (Lipinski definition) is 4. The van der Waals surface area contributed by atoms with Gasteiger partial charge in [0.1, 0.15) is 5.75 Å². The minimum absolute atomic E-state index is 0.0740. The Morgan fingerprint density at radius 3 is 2.57 bits per heavy atom. The van der Waals surface area contributed by atoms with E-state index in [4.69, 9.17) is 4.74 Å². The summed E-state index contributed by atoms with van der Waals surface area (Å²) in [7, 11) is 4.30. The Kier molecular flexibility index (Phi) is 4.39. The van der Waals surface area contributed by atoms with Gasteiger partial charge < -0.3 is 9.64 Å². The van der Waals surface area contributed by atoms with E-state index < -0.39 is 0 Å². The Hall–Kier alpha value is -1.88. The largest absolute Gasteiger partial charge is 0.490 e. The molecule has 23 heavy (non-hydrogen) atoms. The molecule has 0 saturated heterocycles. The summed E-state index contributed by atoms with van der Waals surface area (Å²) in [5.74, 6) is 0.837. The molecule has 0 atom stereocenters. The summed E-state index contributed by atoms with van der Waals surface area (Å²) in [6.07, 6.45) is 6.58. The first-order chi connectivity index (χ1) is 11.0. The van der Waals surface area contributed by atoms with E-state index in [2.05, 4.69) is 24.1 Å². The summed E-state index contributed by atoms with van der Waals surface area (Å²) in [5.41, 5.74) is 1.91. The summed E-state index contributed by atoms with van der Waals surface area (Å²) in [4.78, 5) is 13.9. The van der Waals surface area contributed by atoms with E-state index in [0.29, 0.717) is 6.04 Å².